The Balaban J connectivity index is 0.00000196. The van der Waals surface area contributed by atoms with E-state index in [-0.39, 0.29) is 29.9 Å². The zero-order valence-electron chi connectivity index (χ0n) is 8.27. The lowest BCUT2D eigenvalue weighted by atomic mass is 10.2. The predicted octanol–water partition coefficient (Wildman–Crippen LogP) is -4.61. The van der Waals surface area contributed by atoms with E-state index < -0.39 is 0 Å². The average molecular weight is 320 g/mol. The Kier molecular flexibility index (Phi) is 6.43. The highest BCUT2D eigenvalue weighted by molar-refractivity contribution is 5.77. The Morgan fingerprint density at radius 1 is 1.33 bits per heavy atom. The fourth-order valence-corrected chi connectivity index (χ4v) is 0.881. The van der Waals surface area contributed by atoms with Crippen molar-refractivity contribution in [2.24, 2.45) is 16.6 Å². The summed E-state index contributed by atoms with van der Waals surface area (Å²) >= 11 is 0. The van der Waals surface area contributed by atoms with Gasteiger partial charge in [-0.2, -0.15) is 0 Å². The van der Waals surface area contributed by atoms with Gasteiger partial charge in [0.15, 0.2) is 0 Å². The molecular weight excluding hydrogens is 307 g/mol. The molecule has 0 atom stereocenters. The Bertz CT molecular complexity index is 344. The second-order valence-corrected chi connectivity index (χ2v) is 2.58. The van der Waals surface area contributed by atoms with Crippen LogP contribution in [0.3, 0.4) is 0 Å². The molecule has 0 saturated carbocycles. The summed E-state index contributed by atoms with van der Waals surface area (Å²) in [5.74, 6) is 0.804. The van der Waals surface area contributed by atoms with E-state index in [1.807, 2.05) is 24.3 Å². The Labute approximate surface area is 105 Å². The summed E-state index contributed by atoms with van der Waals surface area (Å²) in [6, 6.07) is 7.47. The maximum absolute atomic E-state index is 5.13. The first-order chi connectivity index (χ1) is 6.72. The number of ether oxygens (including phenoxy) is 1. The van der Waals surface area contributed by atoms with Gasteiger partial charge in [-0.25, -0.2) is 0 Å². The van der Waals surface area contributed by atoms with Crippen LogP contribution in [-0.4, -0.2) is 19.3 Å². The van der Waals surface area contributed by atoms with Crippen LogP contribution >= 0.6 is 0 Å². The number of nitrogens with one attached hydrogen (secondary N) is 1. The summed E-state index contributed by atoms with van der Waals surface area (Å²) in [5.41, 5.74) is 11.2. The van der Waals surface area contributed by atoms with E-state index in [4.69, 9.17) is 16.2 Å². The van der Waals surface area contributed by atoms with Crippen LogP contribution in [0.5, 0.6) is 5.75 Å². The Hall–Kier alpha value is -1.31. The van der Waals surface area contributed by atoms with Gasteiger partial charge in [0.2, 0.25) is 6.21 Å². The number of benzene rings is 1. The molecule has 0 saturated heterocycles. The first kappa shape index (κ1) is 13.7. The lowest BCUT2D eigenvalue weighted by molar-refractivity contribution is -0.456. The van der Waals surface area contributed by atoms with E-state index in [1.165, 1.54) is 0 Å². The zero-order valence-corrected chi connectivity index (χ0v) is 10.4. The third kappa shape index (κ3) is 5.21. The Morgan fingerprint density at radius 3 is 2.40 bits per heavy atom. The quantitative estimate of drug-likeness (QED) is 0.227. The minimum absolute atomic E-state index is 0. The number of nitrogens with zero attached hydrogens (tertiary/aromatic N) is 1. The average Bonchev–Trinajstić information content (AvgIpc) is 2.18. The summed E-state index contributed by atoms with van der Waals surface area (Å²) < 4.78 is 5.01. The molecule has 1 aromatic rings. The summed E-state index contributed by atoms with van der Waals surface area (Å²) in [5, 5.41) is 6.21. The molecule has 5 N–H and O–H groups in total. The molecule has 0 fully saturated rings. The second kappa shape index (κ2) is 7.04. The smallest absolute Gasteiger partial charge is 0.256 e. The van der Waals surface area contributed by atoms with E-state index in [2.05, 4.69) is 10.2 Å². The SMILES string of the molecule is COc1ccc(C=[NH+]N=C(N)N)cc1.[I-]. The molecule has 0 aliphatic rings. The normalized spacial score (nSPS) is 9.40. The monoisotopic (exact) mass is 320 g/mol. The molecule has 0 aromatic heterocycles. The van der Waals surface area contributed by atoms with E-state index in [1.54, 1.807) is 13.3 Å². The van der Waals surface area contributed by atoms with E-state index in [9.17, 15) is 0 Å². The molecule has 15 heavy (non-hydrogen) atoms. The molecule has 1 rings (SSSR count). The molecule has 0 radical (unpaired) electrons. The predicted molar refractivity (Wildman–Crippen MR) is 54.9 cm³/mol. The lowest BCUT2D eigenvalue weighted by Crippen LogP contribution is -3.00. The van der Waals surface area contributed by atoms with Crippen LogP contribution in [0.2, 0.25) is 0 Å². The maximum atomic E-state index is 5.13. The van der Waals surface area contributed by atoms with Crippen molar-refractivity contribution in [1.82, 2.24) is 0 Å². The van der Waals surface area contributed by atoms with Crippen LogP contribution < -0.4 is 45.3 Å². The number of hydrazone groups is 1. The molecule has 0 unspecified atom stereocenters. The van der Waals surface area contributed by atoms with Gasteiger partial charge in [-0.3, -0.25) is 0 Å². The van der Waals surface area contributed by atoms with Gasteiger partial charge >= 0.3 is 0 Å². The molecule has 82 valence electrons. The molecule has 0 heterocycles. The van der Waals surface area contributed by atoms with Crippen LogP contribution in [0.15, 0.2) is 29.4 Å². The highest BCUT2D eigenvalue weighted by atomic mass is 127. The summed E-state index contributed by atoms with van der Waals surface area (Å²) in [6.45, 7) is 0. The van der Waals surface area contributed by atoms with Crippen LogP contribution in [-0.2, 0) is 0 Å². The van der Waals surface area contributed by atoms with Crippen molar-refractivity contribution >= 4 is 12.2 Å². The lowest BCUT2D eigenvalue weighted by Gasteiger charge is -1.96. The molecule has 1 aromatic carbocycles. The minimum atomic E-state index is -0.00485. The number of hydrogen-bond donors (Lipinski definition) is 3. The van der Waals surface area contributed by atoms with Gasteiger partial charge in [-0.15, -0.1) is 5.10 Å². The van der Waals surface area contributed by atoms with Crippen LogP contribution in [0, 0.1) is 0 Å². The van der Waals surface area contributed by atoms with Crippen LogP contribution in [0.25, 0.3) is 0 Å². The van der Waals surface area contributed by atoms with Crippen LogP contribution in [0.4, 0.5) is 0 Å². The van der Waals surface area contributed by atoms with Crippen molar-refractivity contribution < 1.29 is 33.8 Å². The third-order valence-corrected chi connectivity index (χ3v) is 1.54. The molecule has 6 heteroatoms. The standard InChI is InChI=1S/C9H12N4O.HI/c1-14-8-4-2-7(3-5-8)6-12-13-9(10)11;/h2-6H,1H3,(H4,10,11,13);1H. The molecular formula is C9H13IN4O. The second-order valence-electron chi connectivity index (χ2n) is 2.58. The fraction of sp³-hybridized carbons (Fsp3) is 0.111. The minimum Gasteiger partial charge on any atom is -1.00 e. The largest absolute Gasteiger partial charge is 1.00 e. The van der Waals surface area contributed by atoms with Gasteiger partial charge in [-0.1, -0.05) is 0 Å². The first-order valence-corrected chi connectivity index (χ1v) is 4.04. The number of halogens is 1. The topological polar surface area (TPSA) is 87.6 Å². The van der Waals surface area contributed by atoms with Gasteiger partial charge < -0.3 is 40.2 Å². The molecule has 5 nitrogen and oxygen atoms in total. The van der Waals surface area contributed by atoms with Gasteiger partial charge in [0, 0.05) is 10.7 Å². The van der Waals surface area contributed by atoms with Crippen LogP contribution in [0.1, 0.15) is 5.56 Å². The van der Waals surface area contributed by atoms with Crippen molar-refractivity contribution in [1.29, 1.82) is 0 Å². The van der Waals surface area contributed by atoms with Gasteiger partial charge in [-0.05, 0) is 24.3 Å². The first-order valence-electron chi connectivity index (χ1n) is 4.04. The number of methoxy groups -OCH3 is 1. The van der Waals surface area contributed by atoms with Crippen molar-refractivity contribution in [3.8, 4) is 5.75 Å². The fourth-order valence-electron chi connectivity index (χ4n) is 0.881. The van der Waals surface area contributed by atoms with E-state index in [0.717, 1.165) is 11.3 Å². The molecule has 0 bridgehead atoms. The van der Waals surface area contributed by atoms with E-state index >= 15 is 0 Å². The number of rotatable bonds is 3. The van der Waals surface area contributed by atoms with Crippen molar-refractivity contribution in [3.05, 3.63) is 29.8 Å². The van der Waals surface area contributed by atoms with Gasteiger partial charge in [0.1, 0.15) is 5.75 Å². The van der Waals surface area contributed by atoms with Crippen molar-refractivity contribution in [3.63, 3.8) is 0 Å². The highest BCUT2D eigenvalue weighted by Crippen LogP contribution is 2.08. The van der Waals surface area contributed by atoms with Crippen molar-refractivity contribution in [2.75, 3.05) is 7.11 Å². The molecule has 0 aliphatic heterocycles. The number of guanidine groups is 1. The van der Waals surface area contributed by atoms with Gasteiger partial charge in [0.05, 0.1) is 7.11 Å². The maximum Gasteiger partial charge on any atom is 0.256 e. The molecule has 0 amide bonds. The van der Waals surface area contributed by atoms with Crippen molar-refractivity contribution in [2.45, 2.75) is 0 Å². The van der Waals surface area contributed by atoms with E-state index in [0.29, 0.717) is 0 Å². The summed E-state index contributed by atoms with van der Waals surface area (Å²) in [6.07, 6.45) is 1.68. The molecule has 0 aliphatic carbocycles. The zero-order chi connectivity index (χ0) is 10.4. The number of nitrogens with two attached hydrogens (primary N) is 2. The molecule has 0 spiro atoms. The number of hydrogen-bond acceptors (Lipinski definition) is 2. The summed E-state index contributed by atoms with van der Waals surface area (Å²) in [4.78, 5) is 0. The third-order valence-electron chi connectivity index (χ3n) is 1.54. The Morgan fingerprint density at radius 2 is 1.93 bits per heavy atom. The highest BCUT2D eigenvalue weighted by Gasteiger charge is 1.92. The van der Waals surface area contributed by atoms with Gasteiger partial charge in [0.25, 0.3) is 5.96 Å². The summed E-state index contributed by atoms with van der Waals surface area (Å²) in [7, 11) is 1.62.